The fourth-order valence-electron chi connectivity index (χ4n) is 3.61. The van der Waals surface area contributed by atoms with E-state index in [-0.39, 0.29) is 23.5 Å². The van der Waals surface area contributed by atoms with Crippen molar-refractivity contribution >= 4 is 28.8 Å². The number of rotatable bonds is 11. The Morgan fingerprint density at radius 3 is 2.36 bits per heavy atom. The first-order valence-electron chi connectivity index (χ1n) is 11.1. The molecule has 0 saturated carbocycles. The minimum Gasteiger partial charge on any atom is -0.381 e. The molecule has 0 aliphatic carbocycles. The molecule has 2 aromatic carbocycles. The van der Waals surface area contributed by atoms with Gasteiger partial charge in [0.1, 0.15) is 5.70 Å². The summed E-state index contributed by atoms with van der Waals surface area (Å²) in [5, 5.41) is 14.2. The fraction of sp³-hybridized carbons (Fsp3) is 0.360. The third kappa shape index (κ3) is 5.46. The molecule has 0 saturated heterocycles. The highest BCUT2D eigenvalue weighted by molar-refractivity contribution is 6.36. The van der Waals surface area contributed by atoms with Crippen LogP contribution in [0.4, 0.5) is 11.4 Å². The predicted molar refractivity (Wildman–Crippen MR) is 127 cm³/mol. The van der Waals surface area contributed by atoms with E-state index in [1.807, 2.05) is 32.0 Å². The zero-order valence-electron chi connectivity index (χ0n) is 19.2. The molecule has 0 aromatic heterocycles. The number of ether oxygens (including phenoxy) is 1. The first kappa shape index (κ1) is 24.1. The van der Waals surface area contributed by atoms with Crippen LogP contribution in [-0.4, -0.2) is 41.4 Å². The predicted octanol–water partition coefficient (Wildman–Crippen LogP) is 4.61. The molecular weight excluding hydrogens is 422 g/mol. The van der Waals surface area contributed by atoms with Gasteiger partial charge in [-0.3, -0.25) is 24.6 Å². The largest absolute Gasteiger partial charge is 0.381 e. The van der Waals surface area contributed by atoms with Gasteiger partial charge in [-0.2, -0.15) is 0 Å². The lowest BCUT2D eigenvalue weighted by molar-refractivity contribution is -0.384. The number of amides is 2. The molecule has 1 N–H and O–H groups in total. The number of non-ortho nitro benzene ring substituents is 1. The van der Waals surface area contributed by atoms with E-state index in [1.54, 1.807) is 0 Å². The Hall–Kier alpha value is -3.52. The number of hydrogen-bond acceptors (Lipinski definition) is 6. The molecule has 2 aromatic rings. The molecule has 1 heterocycles. The van der Waals surface area contributed by atoms with Gasteiger partial charge >= 0.3 is 0 Å². The number of nitrogens with one attached hydrogen (secondary N) is 1. The third-order valence-electron chi connectivity index (χ3n) is 5.71. The summed E-state index contributed by atoms with van der Waals surface area (Å²) >= 11 is 0. The Morgan fingerprint density at radius 1 is 1.00 bits per heavy atom. The van der Waals surface area contributed by atoms with Crippen molar-refractivity contribution in [3.8, 4) is 0 Å². The molecule has 2 amide bonds. The number of anilines is 1. The van der Waals surface area contributed by atoms with Gasteiger partial charge < -0.3 is 10.1 Å². The van der Waals surface area contributed by atoms with Crippen LogP contribution in [0.15, 0.2) is 48.2 Å². The van der Waals surface area contributed by atoms with Gasteiger partial charge in [0, 0.05) is 37.6 Å². The number of unbranched alkanes of at least 4 members (excludes halogenated alkanes) is 1. The molecular formula is C25H29N3O5. The molecule has 0 bridgehead atoms. The zero-order chi connectivity index (χ0) is 24.0. The number of nitro benzene ring substituents is 1. The van der Waals surface area contributed by atoms with Crippen molar-refractivity contribution in [2.24, 2.45) is 0 Å². The Labute approximate surface area is 193 Å². The summed E-state index contributed by atoms with van der Waals surface area (Å²) in [5.74, 6) is -0.835. The van der Waals surface area contributed by atoms with Crippen LogP contribution in [0.5, 0.6) is 0 Å². The summed E-state index contributed by atoms with van der Waals surface area (Å²) in [6, 6.07) is 11.4. The van der Waals surface area contributed by atoms with Crippen LogP contribution >= 0.6 is 0 Å². The Balaban J connectivity index is 1.89. The monoisotopic (exact) mass is 451 g/mol. The molecule has 0 unspecified atom stereocenters. The van der Waals surface area contributed by atoms with Crippen molar-refractivity contribution < 1.29 is 19.2 Å². The van der Waals surface area contributed by atoms with Crippen LogP contribution in [-0.2, 0) is 14.3 Å². The van der Waals surface area contributed by atoms with Gasteiger partial charge in [0.2, 0.25) is 0 Å². The molecule has 8 nitrogen and oxygen atoms in total. The van der Waals surface area contributed by atoms with Gasteiger partial charge in [-0.15, -0.1) is 0 Å². The van der Waals surface area contributed by atoms with Gasteiger partial charge in [-0.05, 0) is 61.6 Å². The van der Waals surface area contributed by atoms with Crippen molar-refractivity contribution in [1.29, 1.82) is 0 Å². The van der Waals surface area contributed by atoms with E-state index >= 15 is 0 Å². The summed E-state index contributed by atoms with van der Waals surface area (Å²) < 4.78 is 5.56. The second-order valence-corrected chi connectivity index (χ2v) is 8.01. The highest BCUT2D eigenvalue weighted by Crippen LogP contribution is 2.32. The van der Waals surface area contributed by atoms with Crippen LogP contribution in [0.1, 0.15) is 42.9 Å². The molecule has 33 heavy (non-hydrogen) atoms. The molecule has 3 rings (SSSR count). The Bertz CT molecular complexity index is 1080. The number of imide groups is 1. The highest BCUT2D eigenvalue weighted by Gasteiger charge is 2.39. The maximum absolute atomic E-state index is 13.3. The van der Waals surface area contributed by atoms with Crippen LogP contribution < -0.4 is 5.32 Å². The number of aryl methyl sites for hydroxylation is 1. The van der Waals surface area contributed by atoms with E-state index in [0.717, 1.165) is 29.7 Å². The molecule has 0 fully saturated rings. The Kier molecular flexibility index (Phi) is 7.95. The minimum absolute atomic E-state index is 0.0822. The van der Waals surface area contributed by atoms with Gasteiger partial charge in [-0.1, -0.05) is 25.5 Å². The maximum atomic E-state index is 13.3. The first-order valence-corrected chi connectivity index (χ1v) is 11.1. The van der Waals surface area contributed by atoms with Crippen molar-refractivity contribution in [2.45, 2.75) is 40.0 Å². The molecule has 174 valence electrons. The molecule has 8 heteroatoms. The SMILES string of the molecule is CCCCOCCCN1C(=O)C(Nc2cccc(C)c2C)=C(c2ccc([N+](=O)[O-])cc2)C1=O. The van der Waals surface area contributed by atoms with Crippen LogP contribution in [0, 0.1) is 24.0 Å². The third-order valence-corrected chi connectivity index (χ3v) is 5.71. The van der Waals surface area contributed by atoms with Crippen molar-refractivity contribution in [1.82, 2.24) is 4.90 Å². The molecule has 1 aliphatic heterocycles. The summed E-state index contributed by atoms with van der Waals surface area (Å²) in [4.78, 5) is 38.3. The van der Waals surface area contributed by atoms with E-state index in [4.69, 9.17) is 4.74 Å². The van der Waals surface area contributed by atoms with E-state index in [2.05, 4.69) is 12.2 Å². The summed E-state index contributed by atoms with van der Waals surface area (Å²) in [6.45, 7) is 7.35. The summed E-state index contributed by atoms with van der Waals surface area (Å²) in [7, 11) is 0. The van der Waals surface area contributed by atoms with Gasteiger partial charge in [-0.25, -0.2) is 0 Å². The lowest BCUT2D eigenvalue weighted by atomic mass is 10.0. The molecule has 1 aliphatic rings. The van der Waals surface area contributed by atoms with Gasteiger partial charge in [0.25, 0.3) is 17.5 Å². The fourth-order valence-corrected chi connectivity index (χ4v) is 3.61. The van der Waals surface area contributed by atoms with E-state index < -0.39 is 16.7 Å². The van der Waals surface area contributed by atoms with Crippen LogP contribution in [0.3, 0.4) is 0 Å². The van der Waals surface area contributed by atoms with Crippen molar-refractivity contribution in [3.63, 3.8) is 0 Å². The quantitative estimate of drug-likeness (QED) is 0.232. The van der Waals surface area contributed by atoms with Gasteiger partial charge in [0.15, 0.2) is 0 Å². The number of nitro groups is 1. The van der Waals surface area contributed by atoms with Crippen LogP contribution in [0.25, 0.3) is 5.57 Å². The second kappa shape index (κ2) is 10.9. The smallest absolute Gasteiger partial charge is 0.278 e. The normalized spacial score (nSPS) is 13.7. The number of carbonyl (C=O) groups excluding carboxylic acids is 2. The van der Waals surface area contributed by atoms with E-state index in [1.165, 1.54) is 29.2 Å². The lowest BCUT2D eigenvalue weighted by Crippen LogP contribution is -2.34. The average Bonchev–Trinajstić information content (AvgIpc) is 3.03. The standard InChI is InChI=1S/C25H29N3O5/c1-4-5-15-33-16-7-14-27-24(29)22(19-10-12-20(13-11-19)28(31)32)23(25(27)30)26-21-9-6-8-17(2)18(21)3/h6,8-13,26H,4-5,7,14-16H2,1-3H3. The molecule has 0 radical (unpaired) electrons. The zero-order valence-corrected chi connectivity index (χ0v) is 19.2. The molecule has 0 atom stereocenters. The molecule has 0 spiro atoms. The first-order chi connectivity index (χ1) is 15.8. The average molecular weight is 452 g/mol. The Morgan fingerprint density at radius 2 is 1.70 bits per heavy atom. The lowest BCUT2D eigenvalue weighted by Gasteiger charge is -2.16. The summed E-state index contributed by atoms with van der Waals surface area (Å²) in [6.07, 6.45) is 2.54. The van der Waals surface area contributed by atoms with E-state index in [0.29, 0.717) is 25.2 Å². The second-order valence-electron chi connectivity index (χ2n) is 8.01. The number of carbonyl (C=O) groups is 2. The van der Waals surface area contributed by atoms with Gasteiger partial charge in [0.05, 0.1) is 10.5 Å². The topological polar surface area (TPSA) is 102 Å². The number of hydrogen-bond donors (Lipinski definition) is 1. The van der Waals surface area contributed by atoms with Crippen molar-refractivity contribution in [2.75, 3.05) is 25.1 Å². The van der Waals surface area contributed by atoms with Crippen molar-refractivity contribution in [3.05, 3.63) is 75.0 Å². The number of nitrogens with zero attached hydrogens (tertiary/aromatic N) is 2. The summed E-state index contributed by atoms with van der Waals surface area (Å²) in [5.41, 5.74) is 3.51. The number of benzene rings is 2. The van der Waals surface area contributed by atoms with Crippen LogP contribution in [0.2, 0.25) is 0 Å². The highest BCUT2D eigenvalue weighted by atomic mass is 16.6. The maximum Gasteiger partial charge on any atom is 0.278 e. The van der Waals surface area contributed by atoms with E-state index in [9.17, 15) is 19.7 Å². The minimum atomic E-state index is -0.500.